The second kappa shape index (κ2) is 6.64. The van der Waals surface area contributed by atoms with Crippen molar-refractivity contribution in [1.82, 2.24) is 9.71 Å². The van der Waals surface area contributed by atoms with Crippen molar-refractivity contribution in [3.63, 3.8) is 0 Å². The Kier molecular flexibility index (Phi) is 4.87. The van der Waals surface area contributed by atoms with Gasteiger partial charge in [0.05, 0.1) is 5.69 Å². The quantitative estimate of drug-likeness (QED) is 0.857. The number of anilines is 1. The van der Waals surface area contributed by atoms with Gasteiger partial charge in [-0.15, -0.1) is 0 Å². The van der Waals surface area contributed by atoms with Crippen molar-refractivity contribution in [1.29, 1.82) is 0 Å². The summed E-state index contributed by atoms with van der Waals surface area (Å²) in [6.45, 7) is 2.53. The summed E-state index contributed by atoms with van der Waals surface area (Å²) < 4.78 is 39.8. The lowest BCUT2D eigenvalue weighted by Gasteiger charge is -2.11. The summed E-state index contributed by atoms with van der Waals surface area (Å²) >= 11 is 0. The summed E-state index contributed by atoms with van der Waals surface area (Å²) in [5.41, 5.74) is 1.12. The molecule has 1 heterocycles. The first-order chi connectivity index (χ1) is 10.0. The largest absolute Gasteiger partial charge is 0.383 e. The SMILES string of the molecule is CCNc1cccnc1S(=O)(=O)NCc1ccc(F)cc1. The van der Waals surface area contributed by atoms with E-state index in [2.05, 4.69) is 15.0 Å². The first kappa shape index (κ1) is 15.4. The van der Waals surface area contributed by atoms with Crippen LogP contribution in [0.4, 0.5) is 10.1 Å². The highest BCUT2D eigenvalue weighted by Crippen LogP contribution is 2.17. The van der Waals surface area contributed by atoms with Crippen LogP contribution in [0.15, 0.2) is 47.6 Å². The molecule has 1 aromatic heterocycles. The van der Waals surface area contributed by atoms with Gasteiger partial charge in [-0.05, 0) is 36.8 Å². The minimum Gasteiger partial charge on any atom is -0.383 e. The fourth-order valence-electron chi connectivity index (χ4n) is 1.78. The molecule has 2 N–H and O–H groups in total. The Morgan fingerprint density at radius 1 is 1.19 bits per heavy atom. The number of hydrogen-bond donors (Lipinski definition) is 2. The van der Waals surface area contributed by atoms with Crippen molar-refractivity contribution >= 4 is 15.7 Å². The van der Waals surface area contributed by atoms with Crippen LogP contribution in [0.25, 0.3) is 0 Å². The molecule has 0 saturated heterocycles. The normalized spacial score (nSPS) is 11.3. The molecule has 0 aliphatic carbocycles. The van der Waals surface area contributed by atoms with E-state index in [0.717, 1.165) is 0 Å². The molecule has 0 saturated carbocycles. The molecular weight excluding hydrogens is 293 g/mol. The third-order valence-electron chi connectivity index (χ3n) is 2.77. The molecule has 0 bridgehead atoms. The number of hydrogen-bond acceptors (Lipinski definition) is 4. The number of nitrogens with one attached hydrogen (secondary N) is 2. The fourth-order valence-corrected chi connectivity index (χ4v) is 2.90. The molecule has 2 rings (SSSR count). The van der Waals surface area contributed by atoms with Gasteiger partial charge in [0.1, 0.15) is 5.82 Å². The van der Waals surface area contributed by atoms with Crippen LogP contribution >= 0.6 is 0 Å². The van der Waals surface area contributed by atoms with E-state index in [4.69, 9.17) is 0 Å². The number of sulfonamides is 1. The van der Waals surface area contributed by atoms with Crippen LogP contribution in [0.1, 0.15) is 12.5 Å². The first-order valence-corrected chi connectivity index (χ1v) is 7.94. The number of benzene rings is 1. The van der Waals surface area contributed by atoms with Gasteiger partial charge in [-0.2, -0.15) is 0 Å². The zero-order valence-corrected chi connectivity index (χ0v) is 12.3. The van der Waals surface area contributed by atoms with Gasteiger partial charge in [0.2, 0.25) is 0 Å². The average Bonchev–Trinajstić information content (AvgIpc) is 2.47. The van der Waals surface area contributed by atoms with Crippen molar-refractivity contribution in [3.8, 4) is 0 Å². The molecule has 2 aromatic rings. The Morgan fingerprint density at radius 2 is 1.90 bits per heavy atom. The Morgan fingerprint density at radius 3 is 2.57 bits per heavy atom. The molecule has 0 amide bonds. The summed E-state index contributed by atoms with van der Waals surface area (Å²) in [4.78, 5) is 3.92. The highest BCUT2D eigenvalue weighted by atomic mass is 32.2. The Bertz CT molecular complexity index is 702. The van der Waals surface area contributed by atoms with Crippen molar-refractivity contribution < 1.29 is 12.8 Å². The molecule has 0 atom stereocenters. The molecule has 21 heavy (non-hydrogen) atoms. The number of aromatic nitrogens is 1. The van der Waals surface area contributed by atoms with Crippen LogP contribution in [0.2, 0.25) is 0 Å². The third-order valence-corrected chi connectivity index (χ3v) is 4.13. The number of pyridine rings is 1. The van der Waals surface area contributed by atoms with E-state index in [0.29, 0.717) is 17.8 Å². The van der Waals surface area contributed by atoms with Crippen LogP contribution in [-0.2, 0) is 16.6 Å². The Hall–Kier alpha value is -1.99. The highest BCUT2D eigenvalue weighted by Gasteiger charge is 2.19. The Labute approximate surface area is 123 Å². The molecule has 0 spiro atoms. The van der Waals surface area contributed by atoms with Gasteiger partial charge < -0.3 is 5.32 Å². The molecule has 0 fully saturated rings. The van der Waals surface area contributed by atoms with Crippen LogP contribution in [0.5, 0.6) is 0 Å². The van der Waals surface area contributed by atoms with Gasteiger partial charge in [0.15, 0.2) is 5.03 Å². The van der Waals surface area contributed by atoms with Crippen LogP contribution in [-0.4, -0.2) is 19.9 Å². The third kappa shape index (κ3) is 3.99. The molecule has 0 unspecified atom stereocenters. The predicted octanol–water partition coefficient (Wildman–Crippen LogP) is 2.13. The zero-order chi connectivity index (χ0) is 15.3. The number of halogens is 1. The zero-order valence-electron chi connectivity index (χ0n) is 11.5. The topological polar surface area (TPSA) is 71.1 Å². The second-order valence-corrected chi connectivity index (χ2v) is 6.02. The van der Waals surface area contributed by atoms with Gasteiger partial charge in [0.25, 0.3) is 10.0 Å². The van der Waals surface area contributed by atoms with Crippen molar-refractivity contribution in [2.75, 3.05) is 11.9 Å². The van der Waals surface area contributed by atoms with Crippen molar-refractivity contribution in [2.45, 2.75) is 18.5 Å². The van der Waals surface area contributed by atoms with Crippen LogP contribution < -0.4 is 10.0 Å². The number of nitrogens with zero attached hydrogens (tertiary/aromatic N) is 1. The van der Waals surface area contributed by atoms with Crippen LogP contribution in [0.3, 0.4) is 0 Å². The molecule has 0 aliphatic heterocycles. The lowest BCUT2D eigenvalue weighted by atomic mass is 10.2. The summed E-state index contributed by atoms with van der Waals surface area (Å²) in [5, 5.41) is 2.91. The molecule has 112 valence electrons. The van der Waals surface area contributed by atoms with E-state index in [1.807, 2.05) is 6.92 Å². The van der Waals surface area contributed by atoms with Crippen molar-refractivity contribution in [3.05, 3.63) is 54.0 Å². The smallest absolute Gasteiger partial charge is 0.260 e. The summed E-state index contributed by atoms with van der Waals surface area (Å²) in [6, 6.07) is 8.95. The molecule has 7 heteroatoms. The molecule has 1 aromatic carbocycles. The molecule has 0 aliphatic rings. The summed E-state index contributed by atoms with van der Waals surface area (Å²) in [5.74, 6) is -0.360. The lowest BCUT2D eigenvalue weighted by molar-refractivity contribution is 0.577. The maximum absolute atomic E-state index is 12.8. The van der Waals surface area contributed by atoms with E-state index in [-0.39, 0.29) is 17.4 Å². The maximum Gasteiger partial charge on any atom is 0.260 e. The summed E-state index contributed by atoms with van der Waals surface area (Å²) in [7, 11) is -3.74. The fraction of sp³-hybridized carbons (Fsp3) is 0.214. The van der Waals surface area contributed by atoms with Gasteiger partial charge >= 0.3 is 0 Å². The number of rotatable bonds is 6. The maximum atomic E-state index is 12.8. The van der Waals surface area contributed by atoms with E-state index in [1.54, 1.807) is 12.1 Å². The van der Waals surface area contributed by atoms with Gasteiger partial charge in [-0.3, -0.25) is 0 Å². The monoisotopic (exact) mass is 309 g/mol. The Balaban J connectivity index is 2.17. The molecular formula is C14H16FN3O2S. The first-order valence-electron chi connectivity index (χ1n) is 6.46. The van der Waals surface area contributed by atoms with Crippen LogP contribution in [0, 0.1) is 5.82 Å². The van der Waals surface area contributed by atoms with Crippen molar-refractivity contribution in [2.24, 2.45) is 0 Å². The summed E-state index contributed by atoms with van der Waals surface area (Å²) in [6.07, 6.45) is 1.42. The predicted molar refractivity (Wildman–Crippen MR) is 78.8 cm³/mol. The van der Waals surface area contributed by atoms with Gasteiger partial charge in [-0.1, -0.05) is 12.1 Å². The van der Waals surface area contributed by atoms with E-state index < -0.39 is 10.0 Å². The lowest BCUT2D eigenvalue weighted by Crippen LogP contribution is -2.25. The van der Waals surface area contributed by atoms with Gasteiger partial charge in [0, 0.05) is 19.3 Å². The van der Waals surface area contributed by atoms with E-state index in [9.17, 15) is 12.8 Å². The average molecular weight is 309 g/mol. The molecule has 5 nitrogen and oxygen atoms in total. The minimum absolute atomic E-state index is 0.0473. The minimum atomic E-state index is -3.74. The highest BCUT2D eigenvalue weighted by molar-refractivity contribution is 7.89. The van der Waals surface area contributed by atoms with Gasteiger partial charge in [-0.25, -0.2) is 22.5 Å². The van der Waals surface area contributed by atoms with E-state index in [1.165, 1.54) is 30.5 Å². The van der Waals surface area contributed by atoms with E-state index >= 15 is 0 Å². The standard InChI is InChI=1S/C14H16FN3O2S/c1-2-16-13-4-3-9-17-14(13)21(19,20)18-10-11-5-7-12(15)8-6-11/h3-9,16,18H,2,10H2,1H3. The second-order valence-electron chi connectivity index (χ2n) is 4.34. The molecule has 0 radical (unpaired) electrons.